The molecule has 0 saturated heterocycles. The molecule has 0 spiro atoms. The summed E-state index contributed by atoms with van der Waals surface area (Å²) in [6.45, 7) is 0. The zero-order valence-electron chi connectivity index (χ0n) is 15.0. The van der Waals surface area contributed by atoms with Crippen molar-refractivity contribution in [3.63, 3.8) is 0 Å². The Morgan fingerprint density at radius 1 is 0.444 bits per heavy atom. The first-order valence-electron chi connectivity index (χ1n) is 9.08. The molecule has 0 amide bonds. The van der Waals surface area contributed by atoms with Gasteiger partial charge < -0.3 is 0 Å². The molecule has 0 unspecified atom stereocenters. The fourth-order valence-corrected chi connectivity index (χ4v) is 5.02. The Balaban J connectivity index is 1.90. The lowest BCUT2D eigenvalue weighted by atomic mass is 10.00. The van der Waals surface area contributed by atoms with Crippen LogP contribution >= 0.6 is 0 Å². The van der Waals surface area contributed by atoms with Gasteiger partial charge in [-0.15, -0.1) is 0 Å². The summed E-state index contributed by atoms with van der Waals surface area (Å²) < 4.78 is 0. The molecule has 4 aromatic rings. The zero-order chi connectivity index (χ0) is 18.3. The molecule has 0 aromatic heterocycles. The first kappa shape index (κ1) is 17.4. The number of rotatable bonds is 5. The van der Waals surface area contributed by atoms with Crippen molar-refractivity contribution in [2.75, 3.05) is 0 Å². The molecule has 0 nitrogen and oxygen atoms in total. The monoisotopic (exact) mass is 365 g/mol. The van der Waals surface area contributed by atoms with Gasteiger partial charge in [-0.3, -0.25) is 0 Å². The SMILES string of the molecule is C(=C(c1ccccc1)c1ccccc1)[S+](c1ccccc1)c1ccccc1. The van der Waals surface area contributed by atoms with E-state index in [9.17, 15) is 0 Å². The van der Waals surface area contributed by atoms with Gasteiger partial charge in [-0.1, -0.05) is 97.1 Å². The second-order valence-electron chi connectivity index (χ2n) is 6.23. The minimum atomic E-state index is -0.144. The van der Waals surface area contributed by atoms with E-state index in [1.165, 1.54) is 26.5 Å². The summed E-state index contributed by atoms with van der Waals surface area (Å²) in [5.74, 6) is 0. The number of hydrogen-bond donors (Lipinski definition) is 0. The Morgan fingerprint density at radius 2 is 0.778 bits per heavy atom. The standard InChI is InChI=1S/C26H21S/c1-5-13-22(14-6-1)26(23-15-7-2-8-16-23)21-27(24-17-9-3-10-18-24)25-19-11-4-12-20-25/h1-21H/q+1. The lowest BCUT2D eigenvalue weighted by Crippen LogP contribution is -2.02. The Bertz CT molecular complexity index is 910. The van der Waals surface area contributed by atoms with Gasteiger partial charge in [0.25, 0.3) is 0 Å². The molecule has 130 valence electrons. The molecule has 0 N–H and O–H groups in total. The quantitative estimate of drug-likeness (QED) is 0.341. The fraction of sp³-hybridized carbons (Fsp3) is 0. The van der Waals surface area contributed by atoms with E-state index in [4.69, 9.17) is 0 Å². The molecule has 0 aliphatic rings. The zero-order valence-corrected chi connectivity index (χ0v) is 15.8. The molecular formula is C26H21S+. The van der Waals surface area contributed by atoms with Crippen molar-refractivity contribution >= 4 is 16.5 Å². The topological polar surface area (TPSA) is 0 Å². The van der Waals surface area contributed by atoms with Crippen LogP contribution in [0.2, 0.25) is 0 Å². The molecule has 0 aliphatic carbocycles. The van der Waals surface area contributed by atoms with Crippen molar-refractivity contribution in [3.05, 3.63) is 138 Å². The highest BCUT2D eigenvalue weighted by atomic mass is 32.2. The van der Waals surface area contributed by atoms with Gasteiger partial charge in [0, 0.05) is 5.57 Å². The van der Waals surface area contributed by atoms with Gasteiger partial charge in [0.1, 0.15) is 5.41 Å². The Labute approximate surface area is 164 Å². The molecule has 0 radical (unpaired) electrons. The van der Waals surface area contributed by atoms with Crippen LogP contribution in [0.1, 0.15) is 11.1 Å². The van der Waals surface area contributed by atoms with Gasteiger partial charge in [-0.05, 0) is 35.4 Å². The molecule has 1 heteroatoms. The third-order valence-corrected chi connectivity index (χ3v) is 6.43. The average Bonchev–Trinajstić information content (AvgIpc) is 2.77. The molecule has 27 heavy (non-hydrogen) atoms. The summed E-state index contributed by atoms with van der Waals surface area (Å²) in [6, 6.07) is 42.9. The Hall–Kier alpha value is -3.03. The molecule has 0 bridgehead atoms. The summed E-state index contributed by atoms with van der Waals surface area (Å²) in [5.41, 5.74) is 3.76. The van der Waals surface area contributed by atoms with Crippen LogP contribution in [0.5, 0.6) is 0 Å². The van der Waals surface area contributed by atoms with Gasteiger partial charge >= 0.3 is 0 Å². The maximum atomic E-state index is 2.43. The molecule has 0 saturated carbocycles. The Kier molecular flexibility index (Phi) is 5.52. The van der Waals surface area contributed by atoms with Crippen LogP contribution in [0, 0.1) is 0 Å². The number of benzene rings is 4. The van der Waals surface area contributed by atoms with Crippen molar-refractivity contribution in [1.29, 1.82) is 0 Å². The summed E-state index contributed by atoms with van der Waals surface area (Å²) in [5, 5.41) is 2.43. The van der Waals surface area contributed by atoms with Crippen LogP contribution < -0.4 is 0 Å². The third-order valence-electron chi connectivity index (χ3n) is 4.40. The summed E-state index contributed by atoms with van der Waals surface area (Å²) >= 11 is 0. The van der Waals surface area contributed by atoms with Gasteiger partial charge in [0.2, 0.25) is 0 Å². The average molecular weight is 366 g/mol. The predicted octanol–water partition coefficient (Wildman–Crippen LogP) is 6.81. The van der Waals surface area contributed by atoms with Crippen LogP contribution in [0.4, 0.5) is 0 Å². The fourth-order valence-electron chi connectivity index (χ4n) is 3.06. The van der Waals surface area contributed by atoms with Crippen LogP contribution in [0.3, 0.4) is 0 Å². The Morgan fingerprint density at radius 3 is 1.15 bits per heavy atom. The van der Waals surface area contributed by atoms with Crippen LogP contribution in [-0.2, 0) is 10.9 Å². The van der Waals surface area contributed by atoms with E-state index in [1.54, 1.807) is 0 Å². The van der Waals surface area contributed by atoms with E-state index in [0.29, 0.717) is 0 Å². The van der Waals surface area contributed by atoms with E-state index in [-0.39, 0.29) is 10.9 Å². The largest absolute Gasteiger partial charge is 0.165 e. The van der Waals surface area contributed by atoms with Crippen molar-refractivity contribution in [2.45, 2.75) is 9.79 Å². The van der Waals surface area contributed by atoms with Gasteiger partial charge in [0.15, 0.2) is 9.79 Å². The molecule has 0 atom stereocenters. The van der Waals surface area contributed by atoms with Crippen molar-refractivity contribution in [3.8, 4) is 0 Å². The van der Waals surface area contributed by atoms with Crippen LogP contribution in [-0.4, -0.2) is 0 Å². The minimum Gasteiger partial charge on any atom is -0.0622 e. The molecule has 4 rings (SSSR count). The van der Waals surface area contributed by atoms with E-state index in [0.717, 1.165) is 0 Å². The normalized spacial score (nSPS) is 10.6. The molecule has 4 aromatic carbocycles. The maximum absolute atomic E-state index is 2.43. The van der Waals surface area contributed by atoms with Crippen molar-refractivity contribution in [1.82, 2.24) is 0 Å². The van der Waals surface area contributed by atoms with E-state index in [2.05, 4.69) is 127 Å². The third kappa shape index (κ3) is 4.21. The van der Waals surface area contributed by atoms with Crippen molar-refractivity contribution in [2.24, 2.45) is 0 Å². The maximum Gasteiger partial charge on any atom is 0.165 e. The van der Waals surface area contributed by atoms with E-state index < -0.39 is 0 Å². The van der Waals surface area contributed by atoms with E-state index in [1.807, 2.05) is 0 Å². The molecule has 0 aliphatic heterocycles. The second-order valence-corrected chi connectivity index (χ2v) is 8.08. The number of hydrogen-bond acceptors (Lipinski definition) is 0. The van der Waals surface area contributed by atoms with Crippen LogP contribution in [0.15, 0.2) is 137 Å². The minimum absolute atomic E-state index is 0.144. The first-order valence-corrected chi connectivity index (χ1v) is 10.4. The van der Waals surface area contributed by atoms with Crippen molar-refractivity contribution < 1.29 is 0 Å². The molecule has 0 heterocycles. The summed E-state index contributed by atoms with van der Waals surface area (Å²) in [6.07, 6.45) is 0. The smallest absolute Gasteiger partial charge is 0.0622 e. The van der Waals surface area contributed by atoms with Gasteiger partial charge in [-0.2, -0.15) is 0 Å². The summed E-state index contributed by atoms with van der Waals surface area (Å²) in [4.78, 5) is 2.65. The van der Waals surface area contributed by atoms with Gasteiger partial charge in [-0.25, -0.2) is 0 Å². The predicted molar refractivity (Wildman–Crippen MR) is 117 cm³/mol. The van der Waals surface area contributed by atoms with E-state index >= 15 is 0 Å². The van der Waals surface area contributed by atoms with Crippen LogP contribution in [0.25, 0.3) is 5.57 Å². The highest BCUT2D eigenvalue weighted by molar-refractivity contribution is 8.00. The second kappa shape index (κ2) is 8.57. The highest BCUT2D eigenvalue weighted by Crippen LogP contribution is 2.31. The summed E-state index contributed by atoms with van der Waals surface area (Å²) in [7, 11) is -0.144. The first-order chi connectivity index (χ1) is 13.4. The lowest BCUT2D eigenvalue weighted by molar-refractivity contribution is 1.38. The lowest BCUT2D eigenvalue weighted by Gasteiger charge is -2.10. The highest BCUT2D eigenvalue weighted by Gasteiger charge is 2.24. The van der Waals surface area contributed by atoms with Gasteiger partial charge in [0.05, 0.1) is 10.9 Å². The molecular weight excluding hydrogens is 344 g/mol. The molecule has 0 fully saturated rings.